The van der Waals surface area contributed by atoms with Crippen LogP contribution in [0.5, 0.6) is 0 Å². The monoisotopic (exact) mass is 468 g/mol. The summed E-state index contributed by atoms with van der Waals surface area (Å²) < 4.78 is 7.61. The van der Waals surface area contributed by atoms with Crippen LogP contribution in [0.3, 0.4) is 0 Å². The molecule has 3 aromatic rings. The van der Waals surface area contributed by atoms with Gasteiger partial charge < -0.3 is 10.1 Å². The fourth-order valence-corrected chi connectivity index (χ4v) is 3.91. The van der Waals surface area contributed by atoms with Crippen molar-refractivity contribution in [3.05, 3.63) is 90.7 Å². The van der Waals surface area contributed by atoms with Gasteiger partial charge in [-0.15, -0.1) is 0 Å². The highest BCUT2D eigenvalue weighted by Crippen LogP contribution is 2.18. The first kappa shape index (κ1) is 22.9. The van der Waals surface area contributed by atoms with Gasteiger partial charge >= 0.3 is 5.69 Å². The molecule has 1 N–H and O–H groups in total. The maximum atomic E-state index is 13.3. The van der Waals surface area contributed by atoms with E-state index in [2.05, 4.69) is 10.4 Å². The quantitative estimate of drug-likeness (QED) is 0.600. The fourth-order valence-electron chi connectivity index (χ4n) is 3.73. The molecule has 0 spiro atoms. The minimum Gasteiger partial charge on any atom is -0.376 e. The maximum Gasteiger partial charge on any atom is 0.352 e. The number of amides is 1. The number of carbonyl (C=O) groups excluding carboxylic acids is 1. The Bertz CT molecular complexity index is 1310. The Kier molecular flexibility index (Phi) is 6.76. The number of benzene rings is 2. The van der Waals surface area contributed by atoms with Crippen LogP contribution in [-0.4, -0.2) is 39.5 Å². The van der Waals surface area contributed by atoms with Crippen molar-refractivity contribution in [1.29, 1.82) is 0 Å². The Morgan fingerprint density at radius 2 is 1.97 bits per heavy atom. The summed E-state index contributed by atoms with van der Waals surface area (Å²) in [6.07, 6.45) is 1.68. The van der Waals surface area contributed by atoms with E-state index in [0.717, 1.165) is 38.8 Å². The zero-order valence-corrected chi connectivity index (χ0v) is 19.3. The smallest absolute Gasteiger partial charge is 0.352 e. The molecule has 1 saturated heterocycles. The van der Waals surface area contributed by atoms with E-state index < -0.39 is 17.2 Å². The number of nitrogens with zero attached hydrogens (tertiary/aromatic N) is 3. The Morgan fingerprint density at radius 3 is 2.67 bits per heavy atom. The van der Waals surface area contributed by atoms with Gasteiger partial charge in [0.15, 0.2) is 0 Å². The number of aryl methyl sites for hydroxylation is 2. The molecule has 0 unspecified atom stereocenters. The second-order valence-corrected chi connectivity index (χ2v) is 8.55. The Balaban J connectivity index is 1.80. The number of aromatic nitrogens is 3. The van der Waals surface area contributed by atoms with E-state index in [4.69, 9.17) is 16.3 Å². The van der Waals surface area contributed by atoms with Crippen molar-refractivity contribution in [3.8, 4) is 5.69 Å². The normalized spacial score (nSPS) is 15.5. The molecule has 2 heterocycles. The van der Waals surface area contributed by atoms with E-state index in [1.807, 2.05) is 38.1 Å². The zero-order valence-electron chi connectivity index (χ0n) is 18.5. The van der Waals surface area contributed by atoms with Crippen molar-refractivity contribution in [3.63, 3.8) is 0 Å². The van der Waals surface area contributed by atoms with E-state index >= 15 is 0 Å². The van der Waals surface area contributed by atoms with Gasteiger partial charge in [-0.05, 0) is 55.5 Å². The summed E-state index contributed by atoms with van der Waals surface area (Å²) in [5.74, 6) is -0.652. The van der Waals surface area contributed by atoms with Gasteiger partial charge in [-0.25, -0.2) is 4.79 Å². The van der Waals surface area contributed by atoms with Crippen LogP contribution in [0.25, 0.3) is 5.69 Å². The summed E-state index contributed by atoms with van der Waals surface area (Å²) >= 11 is 6.26. The van der Waals surface area contributed by atoms with Gasteiger partial charge in [0.05, 0.1) is 18.3 Å². The molecule has 1 atom stereocenters. The van der Waals surface area contributed by atoms with Crippen LogP contribution in [-0.2, 0) is 11.3 Å². The summed E-state index contributed by atoms with van der Waals surface area (Å²) in [5.41, 5.74) is 1.15. The average Bonchev–Trinajstić information content (AvgIpc) is 3.32. The van der Waals surface area contributed by atoms with Gasteiger partial charge in [0.2, 0.25) is 5.69 Å². The van der Waals surface area contributed by atoms with Crippen LogP contribution in [0.2, 0.25) is 5.02 Å². The zero-order chi connectivity index (χ0) is 23.5. The van der Waals surface area contributed by atoms with Crippen molar-refractivity contribution in [2.45, 2.75) is 39.3 Å². The van der Waals surface area contributed by atoms with Gasteiger partial charge in [0.1, 0.15) is 0 Å². The SMILES string of the molecule is Cc1ccc(-n2nc(C(=O)NC[C@H]3CCCO3)c(=O)n(Cc3ccccc3C)c2=O)cc1Cl. The molecular formula is C24H25ClN4O4. The third-order valence-corrected chi connectivity index (χ3v) is 6.19. The highest BCUT2D eigenvalue weighted by molar-refractivity contribution is 6.31. The third-order valence-electron chi connectivity index (χ3n) is 5.78. The Hall–Kier alpha value is -3.23. The molecule has 8 nitrogen and oxygen atoms in total. The van der Waals surface area contributed by atoms with Crippen molar-refractivity contribution in [2.75, 3.05) is 13.2 Å². The van der Waals surface area contributed by atoms with E-state index in [1.54, 1.807) is 18.2 Å². The molecule has 4 rings (SSSR count). The molecular weight excluding hydrogens is 444 g/mol. The Labute approximate surface area is 195 Å². The largest absolute Gasteiger partial charge is 0.376 e. The summed E-state index contributed by atoms with van der Waals surface area (Å²) in [5, 5.41) is 7.31. The summed E-state index contributed by atoms with van der Waals surface area (Å²) in [4.78, 5) is 39.5. The molecule has 33 heavy (non-hydrogen) atoms. The van der Waals surface area contributed by atoms with Crippen LogP contribution < -0.4 is 16.6 Å². The molecule has 0 saturated carbocycles. The van der Waals surface area contributed by atoms with Crippen LogP contribution in [0, 0.1) is 13.8 Å². The van der Waals surface area contributed by atoms with E-state index in [0.29, 0.717) is 17.3 Å². The van der Waals surface area contributed by atoms with Crippen molar-refractivity contribution in [2.24, 2.45) is 0 Å². The molecule has 1 fully saturated rings. The van der Waals surface area contributed by atoms with Crippen molar-refractivity contribution >= 4 is 17.5 Å². The number of ether oxygens (including phenoxy) is 1. The van der Waals surface area contributed by atoms with E-state index in [1.165, 1.54) is 0 Å². The van der Waals surface area contributed by atoms with Gasteiger partial charge in [-0.3, -0.25) is 14.2 Å². The number of nitrogens with one attached hydrogen (secondary N) is 1. The molecule has 0 radical (unpaired) electrons. The third kappa shape index (κ3) is 4.91. The van der Waals surface area contributed by atoms with Gasteiger partial charge in [-0.1, -0.05) is 41.9 Å². The molecule has 2 aromatic carbocycles. The Morgan fingerprint density at radius 1 is 1.18 bits per heavy atom. The van der Waals surface area contributed by atoms with E-state index in [-0.39, 0.29) is 24.9 Å². The maximum absolute atomic E-state index is 13.3. The lowest BCUT2D eigenvalue weighted by Crippen LogP contribution is -2.46. The van der Waals surface area contributed by atoms with E-state index in [9.17, 15) is 14.4 Å². The van der Waals surface area contributed by atoms with Crippen LogP contribution >= 0.6 is 11.6 Å². The minimum absolute atomic E-state index is 0.0124. The number of hydrogen-bond acceptors (Lipinski definition) is 5. The predicted octanol–water partition coefficient (Wildman–Crippen LogP) is 2.62. The molecule has 0 bridgehead atoms. The summed E-state index contributed by atoms with van der Waals surface area (Å²) in [6.45, 7) is 4.67. The number of rotatable bonds is 6. The van der Waals surface area contributed by atoms with Crippen molar-refractivity contribution < 1.29 is 9.53 Å². The minimum atomic E-state index is -0.748. The predicted molar refractivity (Wildman–Crippen MR) is 125 cm³/mol. The second kappa shape index (κ2) is 9.72. The van der Waals surface area contributed by atoms with Gasteiger partial charge in [0.25, 0.3) is 11.5 Å². The molecule has 1 amide bonds. The van der Waals surface area contributed by atoms with Crippen molar-refractivity contribution in [1.82, 2.24) is 19.7 Å². The standard InChI is InChI=1S/C24H25ClN4O4/c1-15-6-3-4-7-17(15)14-28-23(31)21(22(30)26-13-19-8-5-11-33-19)27-29(24(28)32)18-10-9-16(2)20(25)12-18/h3-4,6-7,9-10,12,19H,5,8,11,13-14H2,1-2H3,(H,26,30)/t19-/m1/s1. The molecule has 1 aliphatic heterocycles. The lowest BCUT2D eigenvalue weighted by molar-refractivity contribution is 0.0849. The highest BCUT2D eigenvalue weighted by Gasteiger charge is 2.23. The average molecular weight is 469 g/mol. The van der Waals surface area contributed by atoms with Crippen LogP contribution in [0.1, 0.15) is 40.0 Å². The summed E-state index contributed by atoms with van der Waals surface area (Å²) in [7, 11) is 0. The molecule has 172 valence electrons. The first-order chi connectivity index (χ1) is 15.8. The molecule has 9 heteroatoms. The number of halogens is 1. The molecule has 0 aliphatic carbocycles. The highest BCUT2D eigenvalue weighted by atomic mass is 35.5. The molecule has 1 aliphatic rings. The second-order valence-electron chi connectivity index (χ2n) is 8.14. The first-order valence-corrected chi connectivity index (χ1v) is 11.2. The van der Waals surface area contributed by atoms with Gasteiger partial charge in [-0.2, -0.15) is 9.78 Å². The van der Waals surface area contributed by atoms with Crippen LogP contribution in [0.4, 0.5) is 0 Å². The molecule has 1 aromatic heterocycles. The topological polar surface area (TPSA) is 95.2 Å². The lowest BCUT2D eigenvalue weighted by Gasteiger charge is -2.14. The van der Waals surface area contributed by atoms with Gasteiger partial charge in [0, 0.05) is 18.2 Å². The number of carbonyl (C=O) groups is 1. The lowest BCUT2D eigenvalue weighted by atomic mass is 10.1. The first-order valence-electron chi connectivity index (χ1n) is 10.8. The fraction of sp³-hybridized carbons (Fsp3) is 0.333. The van der Waals surface area contributed by atoms with Crippen LogP contribution in [0.15, 0.2) is 52.1 Å². The summed E-state index contributed by atoms with van der Waals surface area (Å²) in [6, 6.07) is 12.5. The number of hydrogen-bond donors (Lipinski definition) is 1.